The first-order valence-electron chi connectivity index (χ1n) is 8.55. The number of rotatable bonds is 3. The van der Waals surface area contributed by atoms with E-state index in [1.807, 2.05) is 24.3 Å². The van der Waals surface area contributed by atoms with E-state index in [1.54, 1.807) is 41.3 Å². The van der Waals surface area contributed by atoms with E-state index in [1.165, 1.54) is 0 Å². The molecule has 1 atom stereocenters. The standard InChI is InChI=1S/C19H19N5O2/c1-23-12-14(10-21-23)24-11-13(6-7-18(24)25)19(26)22-17-8-9-20-16-5-3-2-4-15(16)17/h2-5,8-10,12-13H,6-7,11H2,1H3,(H,20,22,26). The number of carbonyl (C=O) groups excluding carboxylic acids is 2. The van der Waals surface area contributed by atoms with Crippen LogP contribution in [0.2, 0.25) is 0 Å². The van der Waals surface area contributed by atoms with Crippen LogP contribution in [-0.2, 0) is 16.6 Å². The van der Waals surface area contributed by atoms with Gasteiger partial charge in [0.25, 0.3) is 0 Å². The van der Waals surface area contributed by atoms with Crippen molar-refractivity contribution in [3.05, 3.63) is 48.9 Å². The van der Waals surface area contributed by atoms with Crippen molar-refractivity contribution in [1.82, 2.24) is 14.8 Å². The molecule has 1 N–H and O–H groups in total. The normalized spacial score (nSPS) is 17.5. The van der Waals surface area contributed by atoms with Crippen molar-refractivity contribution >= 4 is 34.1 Å². The molecule has 7 nitrogen and oxygen atoms in total. The zero-order valence-electron chi connectivity index (χ0n) is 14.4. The van der Waals surface area contributed by atoms with Gasteiger partial charge in [0.1, 0.15) is 0 Å². The van der Waals surface area contributed by atoms with Crippen LogP contribution in [0.5, 0.6) is 0 Å². The fourth-order valence-corrected chi connectivity index (χ4v) is 3.30. The van der Waals surface area contributed by atoms with Gasteiger partial charge in [0, 0.05) is 37.8 Å². The summed E-state index contributed by atoms with van der Waals surface area (Å²) in [5.41, 5.74) is 2.30. The molecule has 0 radical (unpaired) electrons. The van der Waals surface area contributed by atoms with E-state index in [9.17, 15) is 9.59 Å². The zero-order chi connectivity index (χ0) is 18.1. The summed E-state index contributed by atoms with van der Waals surface area (Å²) in [6.45, 7) is 0.360. The SMILES string of the molecule is Cn1cc(N2CC(C(=O)Nc3ccnc4ccccc34)CCC2=O)cn1. The van der Waals surface area contributed by atoms with E-state index in [4.69, 9.17) is 0 Å². The number of aromatic nitrogens is 3. The van der Waals surface area contributed by atoms with Gasteiger partial charge >= 0.3 is 0 Å². The quantitative estimate of drug-likeness (QED) is 0.787. The minimum Gasteiger partial charge on any atom is -0.325 e. The van der Waals surface area contributed by atoms with Crippen LogP contribution in [0.15, 0.2) is 48.9 Å². The molecule has 1 aromatic carbocycles. The van der Waals surface area contributed by atoms with Gasteiger partial charge in [-0.2, -0.15) is 5.10 Å². The molecule has 3 aromatic rings. The fourth-order valence-electron chi connectivity index (χ4n) is 3.30. The van der Waals surface area contributed by atoms with E-state index in [0.717, 1.165) is 22.3 Å². The Morgan fingerprint density at radius 2 is 2.12 bits per heavy atom. The lowest BCUT2D eigenvalue weighted by atomic mass is 9.96. The maximum atomic E-state index is 12.8. The molecule has 7 heteroatoms. The van der Waals surface area contributed by atoms with Gasteiger partial charge in [-0.05, 0) is 18.6 Å². The number of carbonyl (C=O) groups is 2. The molecular weight excluding hydrogens is 330 g/mol. The lowest BCUT2D eigenvalue weighted by molar-refractivity contribution is -0.124. The second kappa shape index (κ2) is 6.59. The van der Waals surface area contributed by atoms with Crippen molar-refractivity contribution in [3.8, 4) is 0 Å². The molecule has 1 unspecified atom stereocenters. The lowest BCUT2D eigenvalue weighted by Crippen LogP contribution is -2.44. The first kappa shape index (κ1) is 16.3. The number of aryl methyl sites for hydroxylation is 1. The summed E-state index contributed by atoms with van der Waals surface area (Å²) in [5.74, 6) is -0.320. The maximum absolute atomic E-state index is 12.8. The van der Waals surface area contributed by atoms with E-state index in [0.29, 0.717) is 19.4 Å². The number of fused-ring (bicyclic) bond motifs is 1. The van der Waals surface area contributed by atoms with Crippen molar-refractivity contribution in [3.63, 3.8) is 0 Å². The van der Waals surface area contributed by atoms with E-state index < -0.39 is 0 Å². The average molecular weight is 349 g/mol. The molecule has 0 aliphatic carbocycles. The molecule has 1 fully saturated rings. The Hall–Kier alpha value is -3.22. The monoisotopic (exact) mass is 349 g/mol. The number of pyridine rings is 1. The van der Waals surface area contributed by atoms with Crippen LogP contribution in [-0.4, -0.2) is 33.1 Å². The number of para-hydroxylation sites is 1. The first-order valence-corrected chi connectivity index (χ1v) is 8.55. The number of anilines is 2. The summed E-state index contributed by atoms with van der Waals surface area (Å²) in [5, 5.41) is 8.02. The molecule has 4 rings (SSSR count). The second-order valence-corrected chi connectivity index (χ2v) is 6.48. The van der Waals surface area contributed by atoms with E-state index in [2.05, 4.69) is 15.4 Å². The first-order chi connectivity index (χ1) is 12.6. The summed E-state index contributed by atoms with van der Waals surface area (Å²) < 4.78 is 1.65. The highest BCUT2D eigenvalue weighted by atomic mass is 16.2. The molecule has 26 heavy (non-hydrogen) atoms. The number of amides is 2. The molecule has 1 aliphatic heterocycles. The zero-order valence-corrected chi connectivity index (χ0v) is 14.4. The number of nitrogens with one attached hydrogen (secondary N) is 1. The van der Waals surface area contributed by atoms with Crippen LogP contribution >= 0.6 is 0 Å². The summed E-state index contributed by atoms with van der Waals surface area (Å²) >= 11 is 0. The van der Waals surface area contributed by atoms with Crippen molar-refractivity contribution in [2.45, 2.75) is 12.8 Å². The second-order valence-electron chi connectivity index (χ2n) is 6.48. The maximum Gasteiger partial charge on any atom is 0.229 e. The predicted octanol–water partition coefficient (Wildman–Crippen LogP) is 2.35. The van der Waals surface area contributed by atoms with E-state index >= 15 is 0 Å². The van der Waals surface area contributed by atoms with Crippen LogP contribution < -0.4 is 10.2 Å². The van der Waals surface area contributed by atoms with Gasteiger partial charge in [-0.3, -0.25) is 19.3 Å². The van der Waals surface area contributed by atoms with Crippen molar-refractivity contribution in [1.29, 1.82) is 0 Å². The highest BCUT2D eigenvalue weighted by Crippen LogP contribution is 2.26. The lowest BCUT2D eigenvalue weighted by Gasteiger charge is -2.31. The summed E-state index contributed by atoms with van der Waals surface area (Å²) in [7, 11) is 1.80. The van der Waals surface area contributed by atoms with Crippen molar-refractivity contribution < 1.29 is 9.59 Å². The Bertz CT molecular complexity index is 975. The molecule has 1 aliphatic rings. The number of piperidine rings is 1. The third-order valence-electron chi connectivity index (χ3n) is 4.69. The number of hydrogen-bond donors (Lipinski definition) is 1. The third kappa shape index (κ3) is 3.03. The summed E-state index contributed by atoms with van der Waals surface area (Å²) in [6.07, 6.45) is 6.02. The smallest absolute Gasteiger partial charge is 0.229 e. The average Bonchev–Trinajstić information content (AvgIpc) is 3.08. The van der Waals surface area contributed by atoms with Crippen LogP contribution in [0, 0.1) is 5.92 Å². The Morgan fingerprint density at radius 1 is 1.27 bits per heavy atom. The molecule has 132 valence electrons. The van der Waals surface area contributed by atoms with Crippen molar-refractivity contribution in [2.75, 3.05) is 16.8 Å². The number of hydrogen-bond acceptors (Lipinski definition) is 4. The van der Waals surface area contributed by atoms with Crippen LogP contribution in [0.25, 0.3) is 10.9 Å². The Labute approximate surface area is 150 Å². The van der Waals surface area contributed by atoms with Gasteiger partial charge in [0.15, 0.2) is 0 Å². The fraction of sp³-hybridized carbons (Fsp3) is 0.263. The minimum atomic E-state index is -0.264. The van der Waals surface area contributed by atoms with E-state index in [-0.39, 0.29) is 17.7 Å². The molecular formula is C19H19N5O2. The summed E-state index contributed by atoms with van der Waals surface area (Å²) in [4.78, 5) is 31.0. The molecule has 2 aromatic heterocycles. The highest BCUT2D eigenvalue weighted by Gasteiger charge is 2.31. The molecule has 0 spiro atoms. The van der Waals surface area contributed by atoms with Gasteiger partial charge in [-0.15, -0.1) is 0 Å². The van der Waals surface area contributed by atoms with Gasteiger partial charge in [0.2, 0.25) is 11.8 Å². The molecule has 0 saturated carbocycles. The van der Waals surface area contributed by atoms with Crippen LogP contribution in [0.4, 0.5) is 11.4 Å². The van der Waals surface area contributed by atoms with Crippen LogP contribution in [0.3, 0.4) is 0 Å². The minimum absolute atomic E-state index is 0.0245. The van der Waals surface area contributed by atoms with Gasteiger partial charge in [-0.1, -0.05) is 18.2 Å². The predicted molar refractivity (Wildman–Crippen MR) is 98.7 cm³/mol. The third-order valence-corrected chi connectivity index (χ3v) is 4.69. The molecule has 2 amide bonds. The van der Waals surface area contributed by atoms with Gasteiger partial charge in [-0.25, -0.2) is 0 Å². The van der Waals surface area contributed by atoms with Crippen LogP contribution in [0.1, 0.15) is 12.8 Å². The number of nitrogens with zero attached hydrogens (tertiary/aromatic N) is 4. The Balaban J connectivity index is 1.53. The highest BCUT2D eigenvalue weighted by molar-refractivity contribution is 6.03. The number of benzene rings is 1. The summed E-state index contributed by atoms with van der Waals surface area (Å²) in [6, 6.07) is 9.48. The largest absolute Gasteiger partial charge is 0.325 e. The van der Waals surface area contributed by atoms with Gasteiger partial charge in [0.05, 0.1) is 29.0 Å². The van der Waals surface area contributed by atoms with Gasteiger partial charge < -0.3 is 10.2 Å². The Morgan fingerprint density at radius 3 is 2.92 bits per heavy atom. The molecule has 1 saturated heterocycles. The Kier molecular flexibility index (Phi) is 4.12. The topological polar surface area (TPSA) is 80.1 Å². The molecule has 3 heterocycles. The molecule has 0 bridgehead atoms. The van der Waals surface area contributed by atoms with Crippen molar-refractivity contribution in [2.24, 2.45) is 13.0 Å².